The lowest BCUT2D eigenvalue weighted by Crippen LogP contribution is -2.39. The Morgan fingerprint density at radius 3 is 1.52 bits per heavy atom. The molecule has 0 aromatic rings. The molecule has 0 amide bonds. The minimum atomic E-state index is -5.99. The molecular formula is C13H14F10O7S. The molecule has 18 heteroatoms. The number of carbonyl (C=O) groups is 2. The lowest BCUT2D eigenvalue weighted by atomic mass is 10.2. The number of esters is 2. The van der Waals surface area contributed by atoms with E-state index in [4.69, 9.17) is 4.55 Å². The lowest BCUT2D eigenvalue weighted by Gasteiger charge is -2.20. The molecule has 0 saturated heterocycles. The second kappa shape index (κ2) is 10.2. The van der Waals surface area contributed by atoms with Gasteiger partial charge in [-0.2, -0.15) is 52.3 Å². The second-order valence-corrected chi connectivity index (χ2v) is 7.43. The summed E-state index contributed by atoms with van der Waals surface area (Å²) in [6.45, 7) is -3.09. The fourth-order valence-corrected chi connectivity index (χ4v) is 2.39. The van der Waals surface area contributed by atoms with Crippen LogP contribution in [0, 0.1) is 0 Å². The largest absolute Gasteiger partial charge is 0.465 e. The number of rotatable bonds is 11. The highest BCUT2D eigenvalue weighted by Crippen LogP contribution is 2.38. The van der Waals surface area contributed by atoms with Gasteiger partial charge in [-0.3, -0.25) is 14.1 Å². The van der Waals surface area contributed by atoms with E-state index in [2.05, 4.69) is 9.47 Å². The van der Waals surface area contributed by atoms with Crippen LogP contribution in [0.2, 0.25) is 0 Å². The summed E-state index contributed by atoms with van der Waals surface area (Å²) in [6, 6.07) is 0. The molecule has 0 radical (unpaired) electrons. The summed E-state index contributed by atoms with van der Waals surface area (Å²) in [5.74, 6) is -14.1. The average Bonchev–Trinajstić information content (AvgIpc) is 2.51. The number of ether oxygens (including phenoxy) is 2. The molecule has 0 rings (SSSR count). The zero-order valence-corrected chi connectivity index (χ0v) is 15.7. The van der Waals surface area contributed by atoms with Crippen LogP contribution >= 0.6 is 0 Å². The molecule has 1 unspecified atom stereocenters. The minimum Gasteiger partial charge on any atom is -0.465 e. The van der Waals surface area contributed by atoms with Crippen molar-refractivity contribution in [3.05, 3.63) is 0 Å². The van der Waals surface area contributed by atoms with Crippen molar-refractivity contribution in [3.8, 4) is 0 Å². The quantitative estimate of drug-likeness (QED) is 0.262. The highest BCUT2D eigenvalue weighted by molar-refractivity contribution is 7.87. The van der Waals surface area contributed by atoms with Gasteiger partial charge in [-0.25, -0.2) is 0 Å². The summed E-state index contributed by atoms with van der Waals surface area (Å²) in [5.41, 5.74) is 0. The number of hydrogen-bond acceptors (Lipinski definition) is 6. The topological polar surface area (TPSA) is 107 Å². The summed E-state index contributed by atoms with van der Waals surface area (Å²) in [7, 11) is -5.38. The monoisotopic (exact) mass is 504 g/mol. The van der Waals surface area contributed by atoms with Crippen molar-refractivity contribution in [2.24, 2.45) is 0 Å². The first-order valence-electron chi connectivity index (χ1n) is 7.79. The van der Waals surface area contributed by atoms with Gasteiger partial charge in [0.2, 0.25) is 0 Å². The third-order valence-electron chi connectivity index (χ3n) is 3.40. The van der Waals surface area contributed by atoms with E-state index in [9.17, 15) is 61.9 Å². The van der Waals surface area contributed by atoms with Crippen LogP contribution in [0.4, 0.5) is 43.9 Å². The summed E-state index contributed by atoms with van der Waals surface area (Å²) in [5, 5.41) is -2.66. The van der Waals surface area contributed by atoms with Crippen molar-refractivity contribution in [2.45, 2.75) is 55.1 Å². The SMILES string of the molecule is O=C(CCC(C(=O)OCCC(F)(F)C(F)(F)F)S(=O)(=O)O)OCCC(F)(F)C(F)(F)F. The second-order valence-electron chi connectivity index (χ2n) is 5.83. The van der Waals surface area contributed by atoms with Crippen LogP contribution in [-0.2, 0) is 29.2 Å². The molecule has 0 aliphatic heterocycles. The van der Waals surface area contributed by atoms with Crippen LogP contribution in [0.15, 0.2) is 0 Å². The van der Waals surface area contributed by atoms with Crippen LogP contribution in [0.1, 0.15) is 25.7 Å². The number of hydrogen-bond donors (Lipinski definition) is 1. The third-order valence-corrected chi connectivity index (χ3v) is 4.55. The molecule has 0 aromatic carbocycles. The third kappa shape index (κ3) is 9.44. The van der Waals surface area contributed by atoms with Gasteiger partial charge in [0, 0.05) is 6.42 Å². The molecule has 0 bridgehead atoms. The van der Waals surface area contributed by atoms with Gasteiger partial charge in [-0.1, -0.05) is 0 Å². The Hall–Kier alpha value is -1.85. The Kier molecular flexibility index (Phi) is 9.57. The van der Waals surface area contributed by atoms with Crippen LogP contribution in [0.25, 0.3) is 0 Å². The van der Waals surface area contributed by atoms with Gasteiger partial charge in [-0.05, 0) is 6.42 Å². The predicted octanol–water partition coefficient (Wildman–Crippen LogP) is 3.28. The van der Waals surface area contributed by atoms with Gasteiger partial charge in [0.1, 0.15) is 0 Å². The van der Waals surface area contributed by atoms with E-state index in [1.165, 1.54) is 0 Å². The van der Waals surface area contributed by atoms with E-state index in [-0.39, 0.29) is 0 Å². The summed E-state index contributed by atoms with van der Waals surface area (Å²) in [4.78, 5) is 22.8. The molecule has 184 valence electrons. The Labute approximate surface area is 167 Å². The molecule has 1 N–H and O–H groups in total. The fraction of sp³-hybridized carbons (Fsp3) is 0.846. The molecule has 0 aromatic heterocycles. The van der Waals surface area contributed by atoms with E-state index >= 15 is 0 Å². The fourth-order valence-electron chi connectivity index (χ4n) is 1.66. The zero-order valence-electron chi connectivity index (χ0n) is 14.9. The maximum Gasteiger partial charge on any atom is 0.453 e. The Balaban J connectivity index is 4.75. The van der Waals surface area contributed by atoms with Crippen molar-refractivity contribution in [1.82, 2.24) is 0 Å². The summed E-state index contributed by atoms with van der Waals surface area (Å²) < 4.78 is 161. The number of halogens is 10. The molecule has 0 saturated carbocycles. The normalized spacial score (nSPS) is 14.8. The number of alkyl halides is 10. The van der Waals surface area contributed by atoms with Crippen LogP contribution in [0.5, 0.6) is 0 Å². The van der Waals surface area contributed by atoms with Gasteiger partial charge >= 0.3 is 36.1 Å². The molecule has 0 heterocycles. The summed E-state index contributed by atoms with van der Waals surface area (Å²) >= 11 is 0. The standard InChI is InChI=1S/C13H14F10O7S/c14-10(15,12(18,19)20)3-5-29-8(24)2-1-7(31(26,27)28)9(25)30-6-4-11(16,17)13(21,22)23/h7H,1-6H2,(H,26,27,28). The first kappa shape index (κ1) is 29.1. The van der Waals surface area contributed by atoms with Gasteiger partial charge in [0.05, 0.1) is 26.1 Å². The molecular weight excluding hydrogens is 490 g/mol. The highest BCUT2D eigenvalue weighted by Gasteiger charge is 2.57. The van der Waals surface area contributed by atoms with Crippen molar-refractivity contribution in [1.29, 1.82) is 0 Å². The van der Waals surface area contributed by atoms with Gasteiger partial charge in [-0.15, -0.1) is 0 Å². The summed E-state index contributed by atoms with van der Waals surface area (Å²) in [6.07, 6.45) is -18.3. The smallest absolute Gasteiger partial charge is 0.453 e. The van der Waals surface area contributed by atoms with Gasteiger partial charge in [0.25, 0.3) is 10.1 Å². The maximum atomic E-state index is 12.7. The van der Waals surface area contributed by atoms with Gasteiger partial charge < -0.3 is 9.47 Å². The lowest BCUT2D eigenvalue weighted by molar-refractivity contribution is -0.286. The molecule has 7 nitrogen and oxygen atoms in total. The van der Waals surface area contributed by atoms with E-state index in [1.807, 2.05) is 0 Å². The van der Waals surface area contributed by atoms with Gasteiger partial charge in [0.15, 0.2) is 5.25 Å². The van der Waals surface area contributed by atoms with Crippen LogP contribution < -0.4 is 0 Å². The minimum absolute atomic E-state index is 1.16. The first-order valence-corrected chi connectivity index (χ1v) is 9.30. The molecule has 31 heavy (non-hydrogen) atoms. The Bertz CT molecular complexity index is 730. The van der Waals surface area contributed by atoms with Crippen LogP contribution in [0.3, 0.4) is 0 Å². The van der Waals surface area contributed by atoms with E-state index < -0.39 is 90.4 Å². The molecule has 0 spiro atoms. The highest BCUT2D eigenvalue weighted by atomic mass is 32.2. The molecule has 1 atom stereocenters. The van der Waals surface area contributed by atoms with Crippen molar-refractivity contribution < 1.29 is 75.9 Å². The molecule has 0 fully saturated rings. The van der Waals surface area contributed by atoms with E-state index in [1.54, 1.807) is 0 Å². The van der Waals surface area contributed by atoms with Crippen LogP contribution in [-0.4, -0.2) is 67.6 Å². The molecule has 0 aliphatic carbocycles. The number of carbonyl (C=O) groups excluding carboxylic acids is 2. The van der Waals surface area contributed by atoms with Crippen molar-refractivity contribution in [3.63, 3.8) is 0 Å². The van der Waals surface area contributed by atoms with E-state index in [0.717, 1.165) is 0 Å². The maximum absolute atomic E-state index is 12.7. The van der Waals surface area contributed by atoms with Crippen molar-refractivity contribution in [2.75, 3.05) is 13.2 Å². The predicted molar refractivity (Wildman–Crippen MR) is 77.7 cm³/mol. The Morgan fingerprint density at radius 2 is 1.16 bits per heavy atom. The zero-order chi connectivity index (χ0) is 24.9. The molecule has 0 aliphatic rings. The average molecular weight is 504 g/mol. The van der Waals surface area contributed by atoms with Crippen molar-refractivity contribution >= 4 is 22.1 Å². The Morgan fingerprint density at radius 1 is 0.774 bits per heavy atom. The first-order chi connectivity index (χ1) is 13.6. The van der Waals surface area contributed by atoms with E-state index in [0.29, 0.717) is 0 Å².